The van der Waals surface area contributed by atoms with Gasteiger partial charge in [0.25, 0.3) is 5.91 Å². The van der Waals surface area contributed by atoms with E-state index in [1.165, 1.54) is 7.11 Å². The fourth-order valence-electron chi connectivity index (χ4n) is 4.32. The molecule has 1 amide bonds. The minimum Gasteiger partial charge on any atom is -0.504 e. The number of phenolic OH excluding ortho intramolecular Hbond substituents is 1. The fourth-order valence-corrected chi connectivity index (χ4v) is 4.32. The molecule has 5 rings (SSSR count). The normalized spacial score (nSPS) is 14.9. The summed E-state index contributed by atoms with van der Waals surface area (Å²) in [6.45, 7) is 0.429. The van der Waals surface area contributed by atoms with Gasteiger partial charge in [0.2, 0.25) is 0 Å². The van der Waals surface area contributed by atoms with Crippen molar-refractivity contribution in [2.45, 2.75) is 12.6 Å². The van der Waals surface area contributed by atoms with Gasteiger partial charge < -0.3 is 19.5 Å². The Bertz CT molecular complexity index is 1300. The molecule has 0 fully saturated rings. The molecule has 166 valence electrons. The van der Waals surface area contributed by atoms with Gasteiger partial charge in [0.15, 0.2) is 11.5 Å². The highest BCUT2D eigenvalue weighted by Gasteiger charge is 2.42. The van der Waals surface area contributed by atoms with E-state index in [-0.39, 0.29) is 11.7 Å². The van der Waals surface area contributed by atoms with Crippen LogP contribution in [0, 0.1) is 0 Å². The van der Waals surface area contributed by atoms with Crippen molar-refractivity contribution in [1.29, 1.82) is 0 Å². The van der Waals surface area contributed by atoms with Gasteiger partial charge in [-0.25, -0.2) is 0 Å². The Morgan fingerprint density at radius 1 is 1.00 bits per heavy atom. The zero-order valence-corrected chi connectivity index (χ0v) is 18.3. The number of phenols is 1. The van der Waals surface area contributed by atoms with Crippen molar-refractivity contribution in [3.05, 3.63) is 95.2 Å². The lowest BCUT2D eigenvalue weighted by molar-refractivity contribution is 0.0730. The molecule has 1 atom stereocenters. The lowest BCUT2D eigenvalue weighted by Gasteiger charge is -2.27. The second kappa shape index (κ2) is 8.35. The first-order chi connectivity index (χ1) is 16.1. The molecule has 2 N–H and O–H groups in total. The van der Waals surface area contributed by atoms with Crippen molar-refractivity contribution in [3.63, 3.8) is 0 Å². The number of aromatic amines is 1. The summed E-state index contributed by atoms with van der Waals surface area (Å²) in [6.07, 6.45) is 0. The van der Waals surface area contributed by atoms with Gasteiger partial charge in [-0.3, -0.25) is 9.89 Å². The molecular weight excluding hydrogens is 418 g/mol. The monoisotopic (exact) mass is 441 g/mol. The zero-order chi connectivity index (χ0) is 22.9. The summed E-state index contributed by atoms with van der Waals surface area (Å²) in [5, 5.41) is 17.6. The van der Waals surface area contributed by atoms with E-state index in [0.717, 1.165) is 28.0 Å². The van der Waals surface area contributed by atoms with E-state index < -0.39 is 6.04 Å². The molecule has 0 spiro atoms. The van der Waals surface area contributed by atoms with Crippen LogP contribution in [-0.2, 0) is 6.54 Å². The first kappa shape index (κ1) is 20.6. The lowest BCUT2D eigenvalue weighted by Crippen LogP contribution is -2.29. The zero-order valence-electron chi connectivity index (χ0n) is 18.3. The van der Waals surface area contributed by atoms with Crippen molar-refractivity contribution in [2.24, 2.45) is 0 Å². The van der Waals surface area contributed by atoms with Gasteiger partial charge in [-0.1, -0.05) is 36.4 Å². The van der Waals surface area contributed by atoms with Crippen LogP contribution in [0.4, 0.5) is 0 Å². The van der Waals surface area contributed by atoms with Crippen LogP contribution in [0.2, 0.25) is 0 Å². The molecule has 3 aromatic carbocycles. The number of ether oxygens (including phenoxy) is 2. The van der Waals surface area contributed by atoms with E-state index in [0.29, 0.717) is 23.7 Å². The molecule has 0 radical (unpaired) electrons. The number of H-pyrrole nitrogens is 1. The molecule has 1 aliphatic rings. The Kier molecular flexibility index (Phi) is 5.22. The number of nitrogens with one attached hydrogen (secondary N) is 1. The maximum Gasteiger partial charge on any atom is 0.273 e. The van der Waals surface area contributed by atoms with Crippen molar-refractivity contribution >= 4 is 5.91 Å². The molecule has 0 saturated carbocycles. The average molecular weight is 441 g/mol. The standard InChI is InChI=1S/C26H23N3O4/c1-32-19-11-8-17(9-12-19)23-22-24(28-27-23)26(31)29(15-16-6-4-3-5-7-16)25(22)18-10-13-20(30)21(14-18)33-2/h3-14,25,30H,15H2,1-2H3,(H,27,28)/t25-/m0/s1. The quantitative estimate of drug-likeness (QED) is 0.459. The van der Waals surface area contributed by atoms with Crippen molar-refractivity contribution in [2.75, 3.05) is 14.2 Å². The fraction of sp³-hybridized carbons (Fsp3) is 0.154. The van der Waals surface area contributed by atoms with Crippen LogP contribution in [0.3, 0.4) is 0 Å². The molecule has 4 aromatic rings. The number of fused-ring (bicyclic) bond motifs is 1. The van der Waals surface area contributed by atoms with E-state index >= 15 is 0 Å². The van der Waals surface area contributed by atoms with Crippen molar-refractivity contribution in [3.8, 4) is 28.5 Å². The topological polar surface area (TPSA) is 87.7 Å². The summed E-state index contributed by atoms with van der Waals surface area (Å²) in [7, 11) is 3.13. The number of aromatic nitrogens is 2. The van der Waals surface area contributed by atoms with Crippen LogP contribution in [0.15, 0.2) is 72.8 Å². The summed E-state index contributed by atoms with van der Waals surface area (Å²) < 4.78 is 10.6. The third-order valence-corrected chi connectivity index (χ3v) is 5.94. The highest BCUT2D eigenvalue weighted by molar-refractivity contribution is 6.00. The Hall–Kier alpha value is -4.26. The smallest absolute Gasteiger partial charge is 0.273 e. The molecule has 1 aliphatic heterocycles. The third kappa shape index (κ3) is 3.57. The number of hydrogen-bond acceptors (Lipinski definition) is 5. The van der Waals surface area contributed by atoms with E-state index in [4.69, 9.17) is 9.47 Å². The third-order valence-electron chi connectivity index (χ3n) is 5.94. The highest BCUT2D eigenvalue weighted by Crippen LogP contribution is 2.45. The summed E-state index contributed by atoms with van der Waals surface area (Å²) in [4.78, 5) is 15.3. The van der Waals surface area contributed by atoms with Gasteiger partial charge >= 0.3 is 0 Å². The minimum atomic E-state index is -0.405. The molecule has 0 unspecified atom stereocenters. The predicted octanol–water partition coefficient (Wildman–Crippen LogP) is 4.54. The Balaban J connectivity index is 1.65. The number of carbonyl (C=O) groups excluding carboxylic acids is 1. The number of hydrogen-bond donors (Lipinski definition) is 2. The van der Waals surface area contributed by atoms with Crippen molar-refractivity contribution in [1.82, 2.24) is 15.1 Å². The molecular formula is C26H23N3O4. The van der Waals surface area contributed by atoms with Crippen LogP contribution < -0.4 is 9.47 Å². The Labute approximate surface area is 191 Å². The van der Waals surface area contributed by atoms with Gasteiger partial charge in [-0.15, -0.1) is 0 Å². The first-order valence-electron chi connectivity index (χ1n) is 10.5. The number of amides is 1. The maximum atomic E-state index is 13.5. The van der Waals surface area contributed by atoms with Crippen LogP contribution in [0.25, 0.3) is 11.3 Å². The van der Waals surface area contributed by atoms with Gasteiger partial charge in [0.05, 0.1) is 26.0 Å². The molecule has 0 saturated heterocycles. The molecule has 0 bridgehead atoms. The van der Waals surface area contributed by atoms with E-state index in [1.807, 2.05) is 65.6 Å². The molecule has 0 aliphatic carbocycles. The predicted molar refractivity (Wildman–Crippen MR) is 123 cm³/mol. The summed E-state index contributed by atoms with van der Waals surface area (Å²) in [5.41, 5.74) is 4.68. The van der Waals surface area contributed by atoms with Crippen LogP contribution in [0.5, 0.6) is 17.2 Å². The number of methoxy groups -OCH3 is 2. The first-order valence-corrected chi connectivity index (χ1v) is 10.5. The number of benzene rings is 3. The maximum absolute atomic E-state index is 13.5. The summed E-state index contributed by atoms with van der Waals surface area (Å²) in [5.74, 6) is 1.01. The van der Waals surface area contributed by atoms with Gasteiger partial charge in [-0.2, -0.15) is 5.10 Å². The second-order valence-electron chi connectivity index (χ2n) is 7.84. The van der Waals surface area contributed by atoms with Gasteiger partial charge in [0, 0.05) is 17.7 Å². The number of aromatic hydroxyl groups is 1. The molecule has 33 heavy (non-hydrogen) atoms. The number of carbonyl (C=O) groups is 1. The van der Waals surface area contributed by atoms with E-state index in [1.54, 1.807) is 19.2 Å². The molecule has 2 heterocycles. The SMILES string of the molecule is COc1ccc(-c2n[nH]c3c2[C@H](c2ccc(O)c(OC)c2)N(Cc2ccccc2)C3=O)cc1. The highest BCUT2D eigenvalue weighted by atomic mass is 16.5. The molecule has 7 heteroatoms. The number of rotatable bonds is 6. The summed E-state index contributed by atoms with van der Waals surface area (Å²) in [6, 6.07) is 22.2. The second-order valence-corrected chi connectivity index (χ2v) is 7.84. The number of nitrogens with zero attached hydrogens (tertiary/aromatic N) is 2. The van der Waals surface area contributed by atoms with Crippen LogP contribution >= 0.6 is 0 Å². The Morgan fingerprint density at radius 3 is 2.45 bits per heavy atom. The Morgan fingerprint density at radius 2 is 1.76 bits per heavy atom. The minimum absolute atomic E-state index is 0.0444. The van der Waals surface area contributed by atoms with Crippen LogP contribution in [-0.4, -0.2) is 40.3 Å². The molecule has 7 nitrogen and oxygen atoms in total. The average Bonchev–Trinajstić information content (AvgIpc) is 3.39. The van der Waals surface area contributed by atoms with Crippen LogP contribution in [0.1, 0.15) is 33.2 Å². The van der Waals surface area contributed by atoms with E-state index in [2.05, 4.69) is 10.2 Å². The summed E-state index contributed by atoms with van der Waals surface area (Å²) >= 11 is 0. The van der Waals surface area contributed by atoms with Gasteiger partial charge in [0.1, 0.15) is 11.4 Å². The molecule has 1 aromatic heterocycles. The largest absolute Gasteiger partial charge is 0.504 e. The van der Waals surface area contributed by atoms with E-state index in [9.17, 15) is 9.90 Å². The lowest BCUT2D eigenvalue weighted by atomic mass is 9.95. The van der Waals surface area contributed by atoms with Crippen molar-refractivity contribution < 1.29 is 19.4 Å². The van der Waals surface area contributed by atoms with Gasteiger partial charge in [-0.05, 0) is 47.5 Å².